The number of carboxylic acid groups (broad SMARTS) is 1. The van der Waals surface area contributed by atoms with Crippen LogP contribution >= 0.6 is 23.2 Å². The average Bonchev–Trinajstić information content (AvgIpc) is 2.19. The topological polar surface area (TPSA) is 50.2 Å². The first-order valence-electron chi connectivity index (χ1n) is 4.07. The van der Waals surface area contributed by atoms with Gasteiger partial charge in [-0.15, -0.1) is 0 Å². The Bertz CT molecular complexity index is 554. The minimum Gasteiger partial charge on any atom is -0.477 e. The Morgan fingerprint density at radius 2 is 2.00 bits per heavy atom. The molecule has 0 fully saturated rings. The average molecular weight is 242 g/mol. The number of carboxylic acids is 1. The van der Waals surface area contributed by atoms with Gasteiger partial charge >= 0.3 is 5.97 Å². The molecule has 0 aliphatic heterocycles. The Labute approximate surface area is 95.3 Å². The molecule has 0 unspecified atom stereocenters. The number of carbonyl (C=O) groups is 1. The molecule has 15 heavy (non-hydrogen) atoms. The zero-order valence-corrected chi connectivity index (χ0v) is 8.88. The highest BCUT2D eigenvalue weighted by molar-refractivity contribution is 6.39. The molecule has 76 valence electrons. The van der Waals surface area contributed by atoms with Crippen molar-refractivity contribution >= 4 is 40.1 Å². The van der Waals surface area contributed by atoms with E-state index in [1.54, 1.807) is 18.2 Å². The van der Waals surface area contributed by atoms with Crippen molar-refractivity contribution in [3.05, 3.63) is 40.0 Å². The number of pyridine rings is 1. The number of hydrogen-bond acceptors (Lipinski definition) is 2. The number of fused-ring (bicyclic) bond motifs is 1. The lowest BCUT2D eigenvalue weighted by Gasteiger charge is -2.03. The highest BCUT2D eigenvalue weighted by atomic mass is 35.5. The first kappa shape index (κ1) is 10.2. The second kappa shape index (κ2) is 3.68. The van der Waals surface area contributed by atoms with Crippen molar-refractivity contribution in [2.24, 2.45) is 0 Å². The fourth-order valence-electron chi connectivity index (χ4n) is 1.28. The van der Waals surface area contributed by atoms with Crippen LogP contribution in [0.2, 0.25) is 10.0 Å². The first-order chi connectivity index (χ1) is 7.09. The third-order valence-electron chi connectivity index (χ3n) is 1.96. The van der Waals surface area contributed by atoms with Crippen molar-refractivity contribution in [1.82, 2.24) is 4.98 Å². The zero-order chi connectivity index (χ0) is 11.0. The summed E-state index contributed by atoms with van der Waals surface area (Å²) >= 11 is 11.8. The molecular formula is C10H5Cl2NO2. The van der Waals surface area contributed by atoms with E-state index in [2.05, 4.69) is 4.98 Å². The van der Waals surface area contributed by atoms with Crippen molar-refractivity contribution in [1.29, 1.82) is 0 Å². The minimum absolute atomic E-state index is 0.111. The van der Waals surface area contributed by atoms with Gasteiger partial charge in [0.05, 0.1) is 15.6 Å². The van der Waals surface area contributed by atoms with Gasteiger partial charge < -0.3 is 5.11 Å². The van der Waals surface area contributed by atoms with Crippen molar-refractivity contribution in [2.45, 2.75) is 0 Å². The maximum Gasteiger partial charge on any atom is 0.354 e. The molecule has 0 aliphatic rings. The van der Waals surface area contributed by atoms with Crippen molar-refractivity contribution in [3.8, 4) is 0 Å². The summed E-state index contributed by atoms with van der Waals surface area (Å²) in [4.78, 5) is 14.7. The van der Waals surface area contributed by atoms with Gasteiger partial charge in [0.2, 0.25) is 0 Å². The molecule has 0 saturated heterocycles. The summed E-state index contributed by atoms with van der Waals surface area (Å²) in [6.45, 7) is 0. The second-order valence-electron chi connectivity index (χ2n) is 2.93. The van der Waals surface area contributed by atoms with Gasteiger partial charge in [0.25, 0.3) is 0 Å². The summed E-state index contributed by atoms with van der Waals surface area (Å²) in [5.74, 6) is -1.13. The van der Waals surface area contributed by atoms with Crippen LogP contribution in [-0.2, 0) is 0 Å². The number of halogens is 2. The molecule has 0 radical (unpaired) electrons. The molecule has 0 saturated carbocycles. The molecule has 1 aromatic carbocycles. The number of nitrogens with zero attached hydrogens (tertiary/aromatic N) is 1. The Hall–Kier alpha value is -1.32. The lowest BCUT2D eigenvalue weighted by atomic mass is 10.2. The lowest BCUT2D eigenvalue weighted by molar-refractivity contribution is 0.0691. The van der Waals surface area contributed by atoms with E-state index in [1.165, 1.54) is 6.07 Å². The molecule has 0 spiro atoms. The highest BCUT2D eigenvalue weighted by Crippen LogP contribution is 2.28. The number of para-hydroxylation sites is 1. The molecule has 0 amide bonds. The first-order valence-corrected chi connectivity index (χ1v) is 4.83. The van der Waals surface area contributed by atoms with E-state index < -0.39 is 5.97 Å². The number of benzene rings is 1. The van der Waals surface area contributed by atoms with Crippen molar-refractivity contribution in [2.75, 3.05) is 0 Å². The Kier molecular flexibility index (Phi) is 2.50. The molecule has 5 heteroatoms. The van der Waals surface area contributed by atoms with Crippen molar-refractivity contribution in [3.63, 3.8) is 0 Å². The maximum absolute atomic E-state index is 10.7. The van der Waals surface area contributed by atoms with Crippen LogP contribution in [0.5, 0.6) is 0 Å². The smallest absolute Gasteiger partial charge is 0.354 e. The van der Waals surface area contributed by atoms with E-state index in [9.17, 15) is 4.79 Å². The van der Waals surface area contributed by atoms with Gasteiger partial charge in [-0.2, -0.15) is 0 Å². The van der Waals surface area contributed by atoms with E-state index in [0.717, 1.165) is 0 Å². The monoisotopic (exact) mass is 241 g/mol. The molecule has 1 aromatic heterocycles. The van der Waals surface area contributed by atoms with E-state index >= 15 is 0 Å². The Morgan fingerprint density at radius 1 is 1.27 bits per heavy atom. The van der Waals surface area contributed by atoms with Crippen LogP contribution in [0.3, 0.4) is 0 Å². The summed E-state index contributed by atoms with van der Waals surface area (Å²) in [5, 5.41) is 10.2. The number of aromatic nitrogens is 1. The fraction of sp³-hybridized carbons (Fsp3) is 0. The third kappa shape index (κ3) is 1.76. The Balaban J connectivity index is 2.85. The standard InChI is InChI=1S/C10H5Cl2NO2/c11-6-3-1-2-5-7(12)4-8(10(14)15)13-9(5)6/h1-4H,(H,14,15). The predicted octanol–water partition coefficient (Wildman–Crippen LogP) is 3.24. The van der Waals surface area contributed by atoms with E-state index in [0.29, 0.717) is 20.9 Å². The SMILES string of the molecule is O=C(O)c1cc(Cl)c2cccc(Cl)c2n1. The largest absolute Gasteiger partial charge is 0.477 e. The quantitative estimate of drug-likeness (QED) is 0.834. The zero-order valence-electron chi connectivity index (χ0n) is 7.37. The van der Waals surface area contributed by atoms with Crippen LogP contribution < -0.4 is 0 Å². The van der Waals surface area contributed by atoms with Gasteiger partial charge in [-0.05, 0) is 12.1 Å². The van der Waals surface area contributed by atoms with E-state index in [1.807, 2.05) is 0 Å². The van der Waals surface area contributed by atoms with E-state index in [4.69, 9.17) is 28.3 Å². The summed E-state index contributed by atoms with van der Waals surface area (Å²) in [5.41, 5.74) is 0.296. The van der Waals surface area contributed by atoms with Gasteiger partial charge in [-0.1, -0.05) is 35.3 Å². The molecule has 0 aliphatic carbocycles. The fourth-order valence-corrected chi connectivity index (χ4v) is 1.75. The predicted molar refractivity (Wildman–Crippen MR) is 58.7 cm³/mol. The lowest BCUT2D eigenvalue weighted by Crippen LogP contribution is -2.00. The van der Waals surface area contributed by atoms with E-state index in [-0.39, 0.29) is 5.69 Å². The number of rotatable bonds is 1. The molecule has 1 heterocycles. The summed E-state index contributed by atoms with van der Waals surface area (Å²) in [6, 6.07) is 6.42. The van der Waals surface area contributed by atoms with Crippen LogP contribution in [0, 0.1) is 0 Å². The van der Waals surface area contributed by atoms with Gasteiger partial charge in [-0.25, -0.2) is 9.78 Å². The second-order valence-corrected chi connectivity index (χ2v) is 3.74. The third-order valence-corrected chi connectivity index (χ3v) is 2.58. The number of hydrogen-bond donors (Lipinski definition) is 1. The van der Waals surface area contributed by atoms with Crippen LogP contribution in [0.4, 0.5) is 0 Å². The van der Waals surface area contributed by atoms with Crippen molar-refractivity contribution < 1.29 is 9.90 Å². The highest BCUT2D eigenvalue weighted by Gasteiger charge is 2.11. The van der Waals surface area contributed by atoms with Crippen LogP contribution in [0.25, 0.3) is 10.9 Å². The number of aromatic carboxylic acids is 1. The molecule has 0 bridgehead atoms. The molecule has 0 atom stereocenters. The molecule has 3 nitrogen and oxygen atoms in total. The molecule has 1 N–H and O–H groups in total. The van der Waals surface area contributed by atoms with Gasteiger partial charge in [0.15, 0.2) is 0 Å². The Morgan fingerprint density at radius 3 is 2.67 bits per heavy atom. The molecular weight excluding hydrogens is 237 g/mol. The van der Waals surface area contributed by atoms with Crippen LogP contribution in [0.1, 0.15) is 10.5 Å². The maximum atomic E-state index is 10.7. The van der Waals surface area contributed by atoms with Gasteiger partial charge in [-0.3, -0.25) is 0 Å². The summed E-state index contributed by atoms with van der Waals surface area (Å²) in [6.07, 6.45) is 0. The van der Waals surface area contributed by atoms with Crippen LogP contribution in [0.15, 0.2) is 24.3 Å². The molecule has 2 rings (SSSR count). The minimum atomic E-state index is -1.13. The summed E-state index contributed by atoms with van der Waals surface area (Å²) < 4.78 is 0. The summed E-state index contributed by atoms with van der Waals surface area (Å²) in [7, 11) is 0. The van der Waals surface area contributed by atoms with Crippen LogP contribution in [-0.4, -0.2) is 16.1 Å². The molecule has 2 aromatic rings. The van der Waals surface area contributed by atoms with Gasteiger partial charge in [0.1, 0.15) is 5.69 Å². The normalized spacial score (nSPS) is 10.5. The van der Waals surface area contributed by atoms with Gasteiger partial charge in [0, 0.05) is 5.39 Å².